The summed E-state index contributed by atoms with van der Waals surface area (Å²) in [4.78, 5) is 4.64. The third-order valence-corrected chi connectivity index (χ3v) is 4.99. The number of ether oxygens (including phenoxy) is 1. The Labute approximate surface area is 160 Å². The van der Waals surface area contributed by atoms with Gasteiger partial charge in [-0.3, -0.25) is 0 Å². The van der Waals surface area contributed by atoms with Crippen molar-refractivity contribution in [1.82, 2.24) is 0 Å². The van der Waals surface area contributed by atoms with Gasteiger partial charge < -0.3 is 15.8 Å². The first-order valence-corrected chi connectivity index (χ1v) is 9.62. The van der Waals surface area contributed by atoms with Crippen LogP contribution in [0.1, 0.15) is 30.9 Å². The summed E-state index contributed by atoms with van der Waals surface area (Å²) in [6.07, 6.45) is 4.29. The van der Waals surface area contributed by atoms with Crippen molar-refractivity contribution in [3.63, 3.8) is 0 Å². The fourth-order valence-electron chi connectivity index (χ4n) is 3.62. The minimum absolute atomic E-state index is 0.398. The van der Waals surface area contributed by atoms with Crippen molar-refractivity contribution in [2.45, 2.75) is 32.6 Å². The number of nitrogens with one attached hydrogen (secondary N) is 1. The van der Waals surface area contributed by atoms with Crippen LogP contribution < -0.4 is 15.8 Å². The molecule has 0 amide bonds. The number of hydrogen-bond donors (Lipinski definition) is 2. The van der Waals surface area contributed by atoms with Crippen LogP contribution in [-0.2, 0) is 12.8 Å². The molecule has 0 aromatic heterocycles. The number of nitrogens with zero attached hydrogens (tertiary/aromatic N) is 1. The van der Waals surface area contributed by atoms with E-state index >= 15 is 0 Å². The van der Waals surface area contributed by atoms with Crippen LogP contribution in [0.3, 0.4) is 0 Å². The smallest absolute Gasteiger partial charge is 0.198 e. The molecule has 4 heteroatoms. The topological polar surface area (TPSA) is 59.6 Å². The summed E-state index contributed by atoms with van der Waals surface area (Å²) in [6, 6.07) is 18.5. The van der Waals surface area contributed by atoms with Crippen LogP contribution in [0.2, 0.25) is 0 Å². The highest BCUT2D eigenvalue weighted by Crippen LogP contribution is 2.36. The zero-order valence-electron chi connectivity index (χ0n) is 15.7. The van der Waals surface area contributed by atoms with E-state index in [1.807, 2.05) is 24.3 Å². The van der Waals surface area contributed by atoms with Gasteiger partial charge in [-0.05, 0) is 71.5 Å². The Kier molecular flexibility index (Phi) is 4.97. The van der Waals surface area contributed by atoms with Crippen molar-refractivity contribution < 1.29 is 4.74 Å². The van der Waals surface area contributed by atoms with Gasteiger partial charge in [0.2, 0.25) is 0 Å². The molecule has 0 saturated carbocycles. The molecule has 0 heterocycles. The molecule has 0 radical (unpaired) electrons. The average molecular weight is 359 g/mol. The summed E-state index contributed by atoms with van der Waals surface area (Å²) in [7, 11) is 0. The lowest BCUT2D eigenvalue weighted by atomic mass is 10.0. The average Bonchev–Trinajstić information content (AvgIpc) is 3.12. The van der Waals surface area contributed by atoms with Crippen molar-refractivity contribution in [2.75, 3.05) is 11.9 Å². The Hall–Kier alpha value is -3.01. The molecule has 0 unspecified atom stereocenters. The second kappa shape index (κ2) is 7.70. The van der Waals surface area contributed by atoms with Crippen molar-refractivity contribution in [2.24, 2.45) is 10.7 Å². The molecule has 0 atom stereocenters. The maximum atomic E-state index is 6.17. The van der Waals surface area contributed by atoms with Gasteiger partial charge >= 0.3 is 0 Å². The fourth-order valence-corrected chi connectivity index (χ4v) is 3.62. The lowest BCUT2D eigenvalue weighted by Crippen LogP contribution is -2.22. The first kappa shape index (κ1) is 17.4. The number of hydrogen-bond acceptors (Lipinski definition) is 2. The van der Waals surface area contributed by atoms with Crippen LogP contribution in [0.5, 0.6) is 5.75 Å². The van der Waals surface area contributed by atoms with Crippen LogP contribution in [0, 0.1) is 0 Å². The summed E-state index contributed by atoms with van der Waals surface area (Å²) in [5.74, 6) is 1.27. The zero-order chi connectivity index (χ0) is 18.6. The van der Waals surface area contributed by atoms with Gasteiger partial charge in [-0.15, -0.1) is 0 Å². The van der Waals surface area contributed by atoms with E-state index in [1.54, 1.807) is 0 Å². The summed E-state index contributed by atoms with van der Waals surface area (Å²) >= 11 is 0. The minimum Gasteiger partial charge on any atom is -0.494 e. The van der Waals surface area contributed by atoms with Gasteiger partial charge in [0, 0.05) is 5.69 Å². The Morgan fingerprint density at radius 1 is 1.07 bits per heavy atom. The maximum absolute atomic E-state index is 6.17. The molecule has 3 N–H and O–H groups in total. The van der Waals surface area contributed by atoms with E-state index in [4.69, 9.17) is 10.5 Å². The Morgan fingerprint density at radius 2 is 1.93 bits per heavy atom. The van der Waals surface area contributed by atoms with Crippen molar-refractivity contribution in [3.8, 4) is 5.75 Å². The number of unbranched alkanes of at least 4 members (excludes halogenated alkanes) is 1. The van der Waals surface area contributed by atoms with Gasteiger partial charge in [0.05, 0.1) is 12.3 Å². The number of nitrogens with two attached hydrogens (primary N) is 1. The quantitative estimate of drug-likeness (QED) is 0.362. The van der Waals surface area contributed by atoms with Gasteiger partial charge in [0.25, 0.3) is 0 Å². The van der Waals surface area contributed by atoms with E-state index in [1.165, 1.54) is 21.9 Å². The second-order valence-electron chi connectivity index (χ2n) is 6.93. The molecule has 4 rings (SSSR count). The molecule has 0 aliphatic heterocycles. The number of aliphatic imine (C=N–C) groups is 1. The monoisotopic (exact) mass is 359 g/mol. The highest BCUT2D eigenvalue weighted by atomic mass is 16.5. The van der Waals surface area contributed by atoms with Crippen LogP contribution >= 0.6 is 0 Å². The van der Waals surface area contributed by atoms with Crippen LogP contribution in [0.25, 0.3) is 10.8 Å². The molecule has 0 bridgehead atoms. The van der Waals surface area contributed by atoms with Crippen LogP contribution in [-0.4, -0.2) is 12.6 Å². The third kappa shape index (κ3) is 3.75. The van der Waals surface area contributed by atoms with Crippen molar-refractivity contribution in [1.29, 1.82) is 0 Å². The van der Waals surface area contributed by atoms with E-state index in [0.717, 1.165) is 49.4 Å². The van der Waals surface area contributed by atoms with E-state index in [-0.39, 0.29) is 0 Å². The molecule has 0 fully saturated rings. The largest absolute Gasteiger partial charge is 0.494 e. The lowest BCUT2D eigenvalue weighted by molar-refractivity contribution is 0.309. The van der Waals surface area contributed by atoms with Gasteiger partial charge in [-0.2, -0.15) is 0 Å². The summed E-state index contributed by atoms with van der Waals surface area (Å²) in [5, 5.41) is 5.80. The molecule has 0 saturated heterocycles. The maximum Gasteiger partial charge on any atom is 0.198 e. The normalized spacial score (nSPS) is 13.1. The van der Waals surface area contributed by atoms with Crippen molar-refractivity contribution >= 4 is 28.1 Å². The van der Waals surface area contributed by atoms with Crippen molar-refractivity contribution in [3.05, 3.63) is 65.7 Å². The fraction of sp³-hybridized carbons (Fsp3) is 0.261. The second-order valence-corrected chi connectivity index (χ2v) is 6.93. The molecule has 1 aliphatic rings. The zero-order valence-corrected chi connectivity index (χ0v) is 15.7. The molecule has 4 nitrogen and oxygen atoms in total. The van der Waals surface area contributed by atoms with Crippen LogP contribution in [0.4, 0.5) is 11.4 Å². The summed E-state index contributed by atoms with van der Waals surface area (Å²) < 4.78 is 5.69. The van der Waals surface area contributed by atoms with E-state index in [0.29, 0.717) is 5.96 Å². The summed E-state index contributed by atoms with van der Waals surface area (Å²) in [6.45, 7) is 2.90. The highest BCUT2D eigenvalue weighted by molar-refractivity contribution is 5.98. The Bertz CT molecular complexity index is 977. The molecule has 3 aromatic rings. The lowest BCUT2D eigenvalue weighted by Gasteiger charge is -2.10. The van der Waals surface area contributed by atoms with E-state index in [9.17, 15) is 0 Å². The number of anilines is 1. The predicted octanol–water partition coefficient (Wildman–Crippen LogP) is 5.18. The first-order valence-electron chi connectivity index (χ1n) is 9.62. The van der Waals surface area contributed by atoms with Crippen LogP contribution in [0.15, 0.2) is 59.6 Å². The van der Waals surface area contributed by atoms with E-state index < -0.39 is 0 Å². The molecular weight excluding hydrogens is 334 g/mol. The van der Waals surface area contributed by atoms with Gasteiger partial charge in [-0.1, -0.05) is 37.6 Å². The summed E-state index contributed by atoms with van der Waals surface area (Å²) in [5.41, 5.74) is 10.7. The van der Waals surface area contributed by atoms with Gasteiger partial charge in [0.1, 0.15) is 5.75 Å². The third-order valence-electron chi connectivity index (χ3n) is 4.99. The SMILES string of the molecule is CCCCOc1ccc(NC(N)=Nc2ccc3cccc4c3c2CC4)cc1. The molecule has 3 aromatic carbocycles. The highest BCUT2D eigenvalue weighted by Gasteiger charge is 2.17. The molecule has 138 valence electrons. The van der Waals surface area contributed by atoms with Gasteiger partial charge in [0.15, 0.2) is 5.96 Å². The Balaban J connectivity index is 1.50. The standard InChI is InChI=1S/C23H25N3O/c1-2-3-15-27-19-11-9-18(10-12-19)25-23(24)26-21-14-8-17-6-4-5-16-7-13-20(21)22(16)17/h4-6,8-12,14H,2-3,7,13,15H2,1H3,(H3,24,25,26). The molecular formula is C23H25N3O. The number of aryl methyl sites for hydroxylation is 2. The molecule has 27 heavy (non-hydrogen) atoms. The number of benzene rings is 3. The van der Waals surface area contributed by atoms with Gasteiger partial charge in [-0.25, -0.2) is 4.99 Å². The molecule has 1 aliphatic carbocycles. The number of guanidine groups is 1. The number of rotatable bonds is 6. The molecule has 0 spiro atoms. The predicted molar refractivity (Wildman–Crippen MR) is 113 cm³/mol. The Morgan fingerprint density at radius 3 is 2.74 bits per heavy atom. The minimum atomic E-state index is 0.398. The first-order chi connectivity index (χ1) is 13.2. The van der Waals surface area contributed by atoms with E-state index in [2.05, 4.69) is 47.6 Å².